The summed E-state index contributed by atoms with van der Waals surface area (Å²) < 4.78 is 10.7. The highest BCUT2D eigenvalue weighted by atomic mass is 79.9. The zero-order valence-electron chi connectivity index (χ0n) is 9.06. The minimum absolute atomic E-state index is 0.165. The number of hydrogen-bond acceptors (Lipinski definition) is 3. The third-order valence-corrected chi connectivity index (χ3v) is 2.76. The van der Waals surface area contributed by atoms with Crippen LogP contribution in [0.1, 0.15) is 11.3 Å². The molecule has 4 heteroatoms. The molecule has 3 nitrogen and oxygen atoms in total. The summed E-state index contributed by atoms with van der Waals surface area (Å²) in [4.78, 5) is 11.6. The molecule has 1 aromatic carbocycles. The van der Waals surface area contributed by atoms with Crippen LogP contribution in [0.2, 0.25) is 0 Å². The summed E-state index contributed by atoms with van der Waals surface area (Å²) in [7, 11) is 0. The maximum Gasteiger partial charge on any atom is 0.227 e. The van der Waals surface area contributed by atoms with Crippen molar-refractivity contribution in [2.24, 2.45) is 0 Å². The molecule has 0 amide bonds. The molecule has 17 heavy (non-hydrogen) atoms. The lowest BCUT2D eigenvalue weighted by molar-refractivity contribution is 0.286. The average Bonchev–Trinajstić information content (AvgIpc) is 2.38. The Morgan fingerprint density at radius 3 is 2.65 bits per heavy atom. The molecular formula is C13H11BrO3. The van der Waals surface area contributed by atoms with Crippen LogP contribution >= 0.6 is 15.9 Å². The fraction of sp³-hybridized carbons (Fsp3) is 0.154. The van der Waals surface area contributed by atoms with Crippen LogP contribution in [0.3, 0.4) is 0 Å². The van der Waals surface area contributed by atoms with E-state index in [-0.39, 0.29) is 11.2 Å². The van der Waals surface area contributed by atoms with Gasteiger partial charge in [-0.1, -0.05) is 46.3 Å². The molecule has 0 fully saturated rings. The van der Waals surface area contributed by atoms with Crippen molar-refractivity contribution in [3.63, 3.8) is 0 Å². The number of benzene rings is 1. The predicted octanol–water partition coefficient (Wildman–Crippen LogP) is 3.11. The molecule has 1 heterocycles. The third kappa shape index (κ3) is 2.97. The zero-order chi connectivity index (χ0) is 12.1. The Hall–Kier alpha value is -1.55. The average molecular weight is 295 g/mol. The number of alkyl halides is 1. The second-order valence-corrected chi connectivity index (χ2v) is 4.01. The fourth-order valence-electron chi connectivity index (χ4n) is 1.42. The van der Waals surface area contributed by atoms with Crippen LogP contribution in [-0.4, -0.2) is 0 Å². The first kappa shape index (κ1) is 11.9. The van der Waals surface area contributed by atoms with E-state index >= 15 is 0 Å². The molecule has 0 saturated heterocycles. The second kappa shape index (κ2) is 5.68. The normalized spacial score (nSPS) is 10.2. The molecule has 0 aliphatic heterocycles. The van der Waals surface area contributed by atoms with Crippen LogP contribution in [0.5, 0.6) is 5.75 Å². The molecule has 0 aliphatic carbocycles. The van der Waals surface area contributed by atoms with Crippen molar-refractivity contribution in [1.29, 1.82) is 0 Å². The van der Waals surface area contributed by atoms with E-state index in [9.17, 15) is 4.79 Å². The first-order valence-electron chi connectivity index (χ1n) is 5.14. The van der Waals surface area contributed by atoms with Gasteiger partial charge in [-0.25, -0.2) is 0 Å². The Morgan fingerprint density at radius 1 is 1.18 bits per heavy atom. The molecule has 88 valence electrons. The van der Waals surface area contributed by atoms with Gasteiger partial charge in [0, 0.05) is 6.07 Å². The standard InChI is InChI=1S/C13H11BrO3/c14-8-12-13(11(15)6-7-16-12)17-9-10-4-2-1-3-5-10/h1-7H,8-9H2. The lowest BCUT2D eigenvalue weighted by Gasteiger charge is -2.07. The van der Waals surface area contributed by atoms with E-state index in [1.54, 1.807) is 0 Å². The summed E-state index contributed by atoms with van der Waals surface area (Å²) in [6.07, 6.45) is 1.37. The van der Waals surface area contributed by atoms with E-state index in [1.165, 1.54) is 12.3 Å². The molecule has 0 aliphatic rings. The van der Waals surface area contributed by atoms with Crippen LogP contribution in [0, 0.1) is 0 Å². The predicted molar refractivity (Wildman–Crippen MR) is 68.4 cm³/mol. The molecule has 0 radical (unpaired) electrons. The highest BCUT2D eigenvalue weighted by molar-refractivity contribution is 9.08. The number of halogens is 1. The summed E-state index contributed by atoms with van der Waals surface area (Å²) in [6.45, 7) is 0.357. The Bertz CT molecular complexity index is 534. The Balaban J connectivity index is 2.17. The Labute approximate surface area is 107 Å². The summed E-state index contributed by atoms with van der Waals surface area (Å²) in [5, 5.41) is 0.452. The van der Waals surface area contributed by atoms with E-state index in [2.05, 4.69) is 15.9 Å². The molecular weight excluding hydrogens is 284 g/mol. The monoisotopic (exact) mass is 294 g/mol. The van der Waals surface area contributed by atoms with Gasteiger partial charge in [-0.3, -0.25) is 4.79 Å². The van der Waals surface area contributed by atoms with Crippen molar-refractivity contribution in [1.82, 2.24) is 0 Å². The maximum atomic E-state index is 11.6. The molecule has 0 bridgehead atoms. The smallest absolute Gasteiger partial charge is 0.227 e. The summed E-state index contributed by atoms with van der Waals surface area (Å²) in [6, 6.07) is 11.0. The molecule has 0 N–H and O–H groups in total. The minimum Gasteiger partial charge on any atom is -0.482 e. The molecule has 0 unspecified atom stereocenters. The Kier molecular flexibility index (Phi) is 3.98. The van der Waals surface area contributed by atoms with Crippen LogP contribution in [0.15, 0.2) is 51.9 Å². The van der Waals surface area contributed by atoms with Gasteiger partial charge in [0.05, 0.1) is 11.6 Å². The van der Waals surface area contributed by atoms with Crippen LogP contribution in [-0.2, 0) is 11.9 Å². The van der Waals surface area contributed by atoms with E-state index in [4.69, 9.17) is 9.15 Å². The van der Waals surface area contributed by atoms with Gasteiger partial charge in [0.15, 0.2) is 5.76 Å². The topological polar surface area (TPSA) is 39.4 Å². The van der Waals surface area contributed by atoms with E-state index in [0.29, 0.717) is 17.7 Å². The fourth-order valence-corrected chi connectivity index (χ4v) is 1.80. The third-order valence-electron chi connectivity index (χ3n) is 2.25. The van der Waals surface area contributed by atoms with E-state index in [1.807, 2.05) is 30.3 Å². The van der Waals surface area contributed by atoms with Crippen molar-refractivity contribution in [3.8, 4) is 5.75 Å². The molecule has 1 aromatic heterocycles. The molecule has 0 saturated carbocycles. The van der Waals surface area contributed by atoms with Gasteiger partial charge >= 0.3 is 0 Å². The minimum atomic E-state index is -0.165. The van der Waals surface area contributed by atoms with E-state index < -0.39 is 0 Å². The van der Waals surface area contributed by atoms with Gasteiger partial charge in [-0.15, -0.1) is 0 Å². The number of ether oxygens (including phenoxy) is 1. The maximum absolute atomic E-state index is 11.6. The van der Waals surface area contributed by atoms with Crippen molar-refractivity contribution < 1.29 is 9.15 Å². The van der Waals surface area contributed by atoms with Crippen molar-refractivity contribution in [2.75, 3.05) is 0 Å². The van der Waals surface area contributed by atoms with Gasteiger partial charge in [0.25, 0.3) is 0 Å². The Morgan fingerprint density at radius 2 is 1.94 bits per heavy atom. The molecule has 2 rings (SSSR count). The first-order valence-corrected chi connectivity index (χ1v) is 6.27. The van der Waals surface area contributed by atoms with Gasteiger partial charge in [-0.05, 0) is 5.56 Å². The second-order valence-electron chi connectivity index (χ2n) is 3.45. The van der Waals surface area contributed by atoms with E-state index in [0.717, 1.165) is 5.56 Å². The summed E-state index contributed by atoms with van der Waals surface area (Å²) in [5.74, 6) is 0.779. The zero-order valence-corrected chi connectivity index (χ0v) is 10.6. The summed E-state index contributed by atoms with van der Waals surface area (Å²) in [5.41, 5.74) is 0.845. The van der Waals surface area contributed by atoms with Gasteiger partial charge in [0.2, 0.25) is 11.2 Å². The van der Waals surface area contributed by atoms with Crippen LogP contribution in [0.25, 0.3) is 0 Å². The van der Waals surface area contributed by atoms with Crippen LogP contribution in [0.4, 0.5) is 0 Å². The molecule has 2 aromatic rings. The highest BCUT2D eigenvalue weighted by Gasteiger charge is 2.09. The SMILES string of the molecule is O=c1ccoc(CBr)c1OCc1ccccc1. The quantitative estimate of drug-likeness (QED) is 0.814. The number of hydrogen-bond donors (Lipinski definition) is 0. The lowest BCUT2D eigenvalue weighted by atomic mass is 10.2. The van der Waals surface area contributed by atoms with Crippen molar-refractivity contribution >= 4 is 15.9 Å². The van der Waals surface area contributed by atoms with Crippen molar-refractivity contribution in [2.45, 2.75) is 11.9 Å². The van der Waals surface area contributed by atoms with Crippen molar-refractivity contribution in [3.05, 3.63) is 64.2 Å². The molecule has 0 spiro atoms. The first-order chi connectivity index (χ1) is 8.31. The van der Waals surface area contributed by atoms with Gasteiger partial charge < -0.3 is 9.15 Å². The lowest BCUT2D eigenvalue weighted by Crippen LogP contribution is -2.09. The highest BCUT2D eigenvalue weighted by Crippen LogP contribution is 2.17. The molecule has 0 atom stereocenters. The number of rotatable bonds is 4. The van der Waals surface area contributed by atoms with Gasteiger partial charge in [0.1, 0.15) is 6.61 Å². The largest absolute Gasteiger partial charge is 0.482 e. The summed E-state index contributed by atoms with van der Waals surface area (Å²) >= 11 is 3.26. The van der Waals surface area contributed by atoms with Crippen LogP contribution < -0.4 is 10.2 Å². The van der Waals surface area contributed by atoms with Gasteiger partial charge in [-0.2, -0.15) is 0 Å².